The van der Waals surface area contributed by atoms with Gasteiger partial charge in [-0.2, -0.15) is 0 Å². The predicted octanol–water partition coefficient (Wildman–Crippen LogP) is 4.11. The lowest BCUT2D eigenvalue weighted by Crippen LogP contribution is -2.26. The van der Waals surface area contributed by atoms with Gasteiger partial charge in [0.1, 0.15) is 6.10 Å². The van der Waals surface area contributed by atoms with Gasteiger partial charge in [0.05, 0.1) is 25.9 Å². The van der Waals surface area contributed by atoms with Crippen molar-refractivity contribution in [1.82, 2.24) is 4.98 Å². The molecule has 0 unspecified atom stereocenters. The van der Waals surface area contributed by atoms with E-state index in [-0.39, 0.29) is 36.5 Å². The molecular formula is C21H21NO5. The Bertz CT molecular complexity index is 948. The number of aromatic amines is 1. The van der Waals surface area contributed by atoms with Gasteiger partial charge in [-0.25, -0.2) is 0 Å². The van der Waals surface area contributed by atoms with Crippen molar-refractivity contribution in [1.29, 1.82) is 0 Å². The van der Waals surface area contributed by atoms with Crippen LogP contribution in [-0.2, 0) is 14.3 Å². The van der Waals surface area contributed by atoms with Crippen LogP contribution in [0, 0.1) is 0 Å². The Labute approximate surface area is 156 Å². The third kappa shape index (κ3) is 3.95. The maximum Gasteiger partial charge on any atom is 0.306 e. The monoisotopic (exact) mass is 367 g/mol. The maximum absolute atomic E-state index is 12.4. The number of carbonyl (C=O) groups excluding carboxylic acids is 2. The number of furan rings is 1. The highest BCUT2D eigenvalue weighted by Gasteiger charge is 2.20. The molecule has 0 radical (unpaired) electrons. The largest absolute Gasteiger partial charge is 0.462 e. The number of hydrogen-bond acceptors (Lipinski definition) is 5. The van der Waals surface area contributed by atoms with E-state index in [1.165, 1.54) is 0 Å². The Morgan fingerprint density at radius 3 is 2.81 bits per heavy atom. The van der Waals surface area contributed by atoms with E-state index >= 15 is 0 Å². The number of rotatable bonds is 6. The van der Waals surface area contributed by atoms with Gasteiger partial charge in [-0.15, -0.1) is 0 Å². The van der Waals surface area contributed by atoms with Crippen LogP contribution in [-0.4, -0.2) is 36.1 Å². The topological polar surface area (TPSA) is 81.5 Å². The number of nitrogens with one attached hydrogen (secondary N) is 1. The molecule has 0 atom stereocenters. The second-order valence-electron chi connectivity index (χ2n) is 6.67. The number of esters is 1. The smallest absolute Gasteiger partial charge is 0.306 e. The highest BCUT2D eigenvalue weighted by atomic mass is 16.6. The average Bonchev–Trinajstić information content (AvgIpc) is 3.34. The van der Waals surface area contributed by atoms with Crippen LogP contribution in [0.1, 0.15) is 36.2 Å². The molecule has 0 saturated carbocycles. The van der Waals surface area contributed by atoms with Crippen molar-refractivity contribution in [2.75, 3.05) is 13.2 Å². The van der Waals surface area contributed by atoms with E-state index in [4.69, 9.17) is 13.9 Å². The molecule has 3 aromatic rings. The third-order valence-electron chi connectivity index (χ3n) is 4.80. The Morgan fingerprint density at radius 2 is 1.96 bits per heavy atom. The van der Waals surface area contributed by atoms with Crippen LogP contribution < -0.4 is 0 Å². The van der Waals surface area contributed by atoms with Crippen molar-refractivity contribution in [2.45, 2.75) is 31.8 Å². The van der Waals surface area contributed by atoms with Gasteiger partial charge in [0.15, 0.2) is 11.5 Å². The number of fused-ring (bicyclic) bond motifs is 1. The SMILES string of the molecule is O=C(CCC(=O)c1cc(-c2c[nH]c3ccccc23)co1)OC1CCOCC1. The van der Waals surface area contributed by atoms with E-state index in [1.54, 1.807) is 12.3 Å². The van der Waals surface area contributed by atoms with E-state index in [0.29, 0.717) is 26.1 Å². The van der Waals surface area contributed by atoms with Crippen molar-refractivity contribution in [3.8, 4) is 11.1 Å². The Kier molecular flexibility index (Phi) is 5.07. The zero-order valence-corrected chi connectivity index (χ0v) is 14.9. The number of benzene rings is 1. The summed E-state index contributed by atoms with van der Waals surface area (Å²) >= 11 is 0. The molecule has 140 valence electrons. The summed E-state index contributed by atoms with van der Waals surface area (Å²) in [4.78, 5) is 27.5. The summed E-state index contributed by atoms with van der Waals surface area (Å²) in [5, 5.41) is 1.07. The summed E-state index contributed by atoms with van der Waals surface area (Å²) in [7, 11) is 0. The quantitative estimate of drug-likeness (QED) is 0.524. The molecule has 0 spiro atoms. The predicted molar refractivity (Wildman–Crippen MR) is 99.5 cm³/mol. The number of carbonyl (C=O) groups is 2. The van der Waals surface area contributed by atoms with Crippen LogP contribution in [0.2, 0.25) is 0 Å². The van der Waals surface area contributed by atoms with Gasteiger partial charge in [0, 0.05) is 47.5 Å². The van der Waals surface area contributed by atoms with Gasteiger partial charge >= 0.3 is 5.97 Å². The Hall–Kier alpha value is -2.86. The first kappa shape index (κ1) is 17.5. The molecule has 3 heterocycles. The molecule has 1 saturated heterocycles. The highest BCUT2D eigenvalue weighted by Crippen LogP contribution is 2.30. The summed E-state index contributed by atoms with van der Waals surface area (Å²) in [5.74, 6) is -0.294. The van der Waals surface area contributed by atoms with Crippen molar-refractivity contribution >= 4 is 22.7 Å². The lowest BCUT2D eigenvalue weighted by atomic mass is 10.1. The normalized spacial score (nSPS) is 15.1. The number of ether oxygens (including phenoxy) is 2. The molecule has 6 heteroatoms. The van der Waals surface area contributed by atoms with Crippen LogP contribution in [0.4, 0.5) is 0 Å². The minimum atomic E-state index is -0.348. The van der Waals surface area contributed by atoms with Gasteiger partial charge in [-0.1, -0.05) is 18.2 Å². The molecule has 1 N–H and O–H groups in total. The van der Waals surface area contributed by atoms with Gasteiger partial charge in [0.25, 0.3) is 0 Å². The Balaban J connectivity index is 1.36. The maximum atomic E-state index is 12.4. The second-order valence-corrected chi connectivity index (χ2v) is 6.67. The first-order valence-corrected chi connectivity index (χ1v) is 9.16. The Morgan fingerprint density at radius 1 is 1.15 bits per heavy atom. The van der Waals surface area contributed by atoms with Gasteiger partial charge in [-0.3, -0.25) is 9.59 Å². The molecule has 4 rings (SSSR count). The fourth-order valence-electron chi connectivity index (χ4n) is 3.31. The second kappa shape index (κ2) is 7.80. The zero-order chi connectivity index (χ0) is 18.6. The highest BCUT2D eigenvalue weighted by molar-refractivity contribution is 5.99. The molecule has 1 fully saturated rings. The molecule has 0 bridgehead atoms. The third-order valence-corrected chi connectivity index (χ3v) is 4.80. The van der Waals surface area contributed by atoms with Gasteiger partial charge < -0.3 is 18.9 Å². The molecule has 2 aromatic heterocycles. The molecule has 27 heavy (non-hydrogen) atoms. The van der Waals surface area contributed by atoms with Crippen molar-refractivity contribution < 1.29 is 23.5 Å². The molecular weight excluding hydrogens is 346 g/mol. The van der Waals surface area contributed by atoms with Crippen molar-refractivity contribution in [3.05, 3.63) is 48.6 Å². The lowest BCUT2D eigenvalue weighted by molar-refractivity contribution is -0.153. The van der Waals surface area contributed by atoms with Gasteiger partial charge in [0.2, 0.25) is 0 Å². The zero-order valence-electron chi connectivity index (χ0n) is 14.9. The summed E-state index contributed by atoms with van der Waals surface area (Å²) in [6, 6.07) is 9.67. The van der Waals surface area contributed by atoms with Gasteiger partial charge in [-0.05, 0) is 12.1 Å². The number of para-hydroxylation sites is 1. The van der Waals surface area contributed by atoms with E-state index in [1.807, 2.05) is 30.5 Å². The van der Waals surface area contributed by atoms with E-state index in [2.05, 4.69) is 4.98 Å². The van der Waals surface area contributed by atoms with E-state index in [9.17, 15) is 9.59 Å². The molecule has 1 aromatic carbocycles. The van der Waals surface area contributed by atoms with Crippen molar-refractivity contribution in [3.63, 3.8) is 0 Å². The van der Waals surface area contributed by atoms with Crippen molar-refractivity contribution in [2.24, 2.45) is 0 Å². The van der Waals surface area contributed by atoms with Crippen LogP contribution in [0.25, 0.3) is 22.0 Å². The fraction of sp³-hybridized carbons (Fsp3) is 0.333. The minimum absolute atomic E-state index is 0.0549. The summed E-state index contributed by atoms with van der Waals surface area (Å²) in [6.07, 6.45) is 4.93. The van der Waals surface area contributed by atoms with Crippen LogP contribution in [0.15, 0.2) is 47.2 Å². The van der Waals surface area contributed by atoms with E-state index in [0.717, 1.165) is 22.0 Å². The summed E-state index contributed by atoms with van der Waals surface area (Å²) < 4.78 is 16.1. The first-order chi connectivity index (χ1) is 13.2. The number of hydrogen-bond donors (Lipinski definition) is 1. The number of H-pyrrole nitrogens is 1. The first-order valence-electron chi connectivity index (χ1n) is 9.16. The minimum Gasteiger partial charge on any atom is -0.462 e. The summed E-state index contributed by atoms with van der Waals surface area (Å²) in [5.41, 5.74) is 2.84. The molecule has 6 nitrogen and oxygen atoms in total. The molecule has 0 amide bonds. The summed E-state index contributed by atoms with van der Waals surface area (Å²) in [6.45, 7) is 1.22. The fourth-order valence-corrected chi connectivity index (χ4v) is 3.31. The molecule has 1 aliphatic heterocycles. The molecule has 1 aliphatic rings. The number of Topliss-reactive ketones (excluding diaryl/α,β-unsaturated/α-hetero) is 1. The van der Waals surface area contributed by atoms with Crippen LogP contribution in [0.5, 0.6) is 0 Å². The average molecular weight is 367 g/mol. The number of ketones is 1. The van der Waals surface area contributed by atoms with Crippen LogP contribution in [0.3, 0.4) is 0 Å². The number of aromatic nitrogens is 1. The van der Waals surface area contributed by atoms with E-state index < -0.39 is 0 Å². The van der Waals surface area contributed by atoms with Crippen LogP contribution >= 0.6 is 0 Å². The lowest BCUT2D eigenvalue weighted by Gasteiger charge is -2.22. The molecule has 0 aliphatic carbocycles. The standard InChI is InChI=1S/C21H21NO5/c23-19(5-6-21(24)27-15-7-9-25-10-8-15)20-11-14(13-26-20)17-12-22-18-4-2-1-3-16(17)18/h1-4,11-13,15,22H,5-10H2.